The molecule has 4 heterocycles. The fourth-order valence-corrected chi connectivity index (χ4v) is 8.48. The van der Waals surface area contributed by atoms with Gasteiger partial charge in [0.15, 0.2) is 0 Å². The molecule has 3 unspecified atom stereocenters. The quantitative estimate of drug-likeness (QED) is 0.444. The third kappa shape index (κ3) is 3.93. The Morgan fingerprint density at radius 1 is 1.31 bits per heavy atom. The van der Waals surface area contributed by atoms with Gasteiger partial charge >= 0.3 is 5.97 Å². The summed E-state index contributed by atoms with van der Waals surface area (Å²) in [7, 11) is 0. The highest BCUT2D eigenvalue weighted by Gasteiger charge is 2.76. The number of carbonyl (C=O) groups is 3. The van der Waals surface area contributed by atoms with E-state index in [9.17, 15) is 19.5 Å². The van der Waals surface area contributed by atoms with Crippen molar-refractivity contribution < 1.29 is 29.0 Å². The predicted octanol–water partition coefficient (Wildman–Crippen LogP) is -0.282. The molecule has 0 aromatic carbocycles. The van der Waals surface area contributed by atoms with Crippen LogP contribution in [0.5, 0.6) is 0 Å². The zero-order chi connectivity index (χ0) is 22.9. The number of nitrogens with one attached hydrogen (secondary N) is 1. The van der Waals surface area contributed by atoms with Crippen LogP contribution in [0.4, 0.5) is 0 Å². The number of hydrogen-bond acceptors (Lipinski definition) is 8. The van der Waals surface area contributed by atoms with Crippen LogP contribution < -0.4 is 5.32 Å². The van der Waals surface area contributed by atoms with Crippen molar-refractivity contribution in [1.29, 1.82) is 0 Å². The van der Waals surface area contributed by atoms with Gasteiger partial charge < -0.3 is 24.8 Å². The lowest BCUT2D eigenvalue weighted by molar-refractivity contribution is -0.154. The molecule has 9 nitrogen and oxygen atoms in total. The summed E-state index contributed by atoms with van der Waals surface area (Å²) < 4.78 is 10.1. The summed E-state index contributed by atoms with van der Waals surface area (Å²) in [5, 5.41) is 12.5. The largest absolute Gasteiger partial charge is 0.466 e. The van der Waals surface area contributed by atoms with Gasteiger partial charge in [0, 0.05) is 44.6 Å². The standard InChI is InChI=1S/C22H35N3O6S/c1-3-31-21(29)16-15-13-14(2)22(32-15)17(16)20(28)25(6-4-10-26)18(22)19(27)23-5-7-24-8-11-30-12-9-24/h14-18,26H,3-13H2,1-2H3,(H,23,27)/t14?,15-,16+,17+,18?,22?/m1/s1. The lowest BCUT2D eigenvalue weighted by Crippen LogP contribution is -2.57. The molecule has 2 N–H and O–H groups in total. The molecule has 2 amide bonds. The maximum Gasteiger partial charge on any atom is 0.310 e. The molecule has 32 heavy (non-hydrogen) atoms. The molecular formula is C22H35N3O6S. The Balaban J connectivity index is 1.55. The van der Waals surface area contributed by atoms with E-state index >= 15 is 0 Å². The topological polar surface area (TPSA) is 108 Å². The maximum atomic E-state index is 13.6. The summed E-state index contributed by atoms with van der Waals surface area (Å²) >= 11 is 1.65. The number of aliphatic hydroxyl groups is 1. The van der Waals surface area contributed by atoms with Crippen molar-refractivity contribution >= 4 is 29.5 Å². The molecule has 0 aromatic rings. The maximum absolute atomic E-state index is 13.6. The molecule has 4 aliphatic rings. The second kappa shape index (κ2) is 9.87. The van der Waals surface area contributed by atoms with E-state index in [2.05, 4.69) is 17.1 Å². The van der Waals surface area contributed by atoms with Crippen LogP contribution >= 0.6 is 11.8 Å². The van der Waals surface area contributed by atoms with Crippen LogP contribution in [0.15, 0.2) is 0 Å². The SMILES string of the molecule is CCOC(=O)[C@@H]1[C@H]2C(=O)N(CCCO)C(C(=O)NCCN3CCOCC3)C23S[C@@H]1CC3C. The van der Waals surface area contributed by atoms with Gasteiger partial charge in [-0.1, -0.05) is 6.92 Å². The summed E-state index contributed by atoms with van der Waals surface area (Å²) in [6, 6.07) is -0.638. The van der Waals surface area contributed by atoms with Crippen LogP contribution in [0.3, 0.4) is 0 Å². The summed E-state index contributed by atoms with van der Waals surface area (Å²) in [4.78, 5) is 43.8. The molecule has 4 aliphatic heterocycles. The zero-order valence-electron chi connectivity index (χ0n) is 19.0. The number of hydrogen-bond donors (Lipinski definition) is 2. The van der Waals surface area contributed by atoms with Crippen LogP contribution in [-0.2, 0) is 23.9 Å². The van der Waals surface area contributed by atoms with Crippen molar-refractivity contribution in [3.8, 4) is 0 Å². The number of ether oxygens (including phenoxy) is 2. The minimum absolute atomic E-state index is 0.00152. The van der Waals surface area contributed by atoms with E-state index in [0.717, 1.165) is 26.1 Å². The molecule has 4 saturated heterocycles. The second-order valence-corrected chi connectivity index (χ2v) is 10.7. The number of esters is 1. The van der Waals surface area contributed by atoms with Gasteiger partial charge in [0.2, 0.25) is 11.8 Å². The second-order valence-electron chi connectivity index (χ2n) is 9.16. The van der Waals surface area contributed by atoms with Crippen LogP contribution in [0.25, 0.3) is 0 Å². The predicted molar refractivity (Wildman–Crippen MR) is 119 cm³/mol. The Morgan fingerprint density at radius 2 is 2.06 bits per heavy atom. The summed E-state index contributed by atoms with van der Waals surface area (Å²) in [5.41, 5.74) is 0. The highest BCUT2D eigenvalue weighted by atomic mass is 32.2. The summed E-state index contributed by atoms with van der Waals surface area (Å²) in [6.45, 7) is 8.73. The highest BCUT2D eigenvalue weighted by molar-refractivity contribution is 8.02. The van der Waals surface area contributed by atoms with E-state index in [1.165, 1.54) is 0 Å². The van der Waals surface area contributed by atoms with Gasteiger partial charge in [-0.15, -0.1) is 11.8 Å². The fraction of sp³-hybridized carbons (Fsp3) is 0.864. The van der Waals surface area contributed by atoms with Crippen molar-refractivity contribution in [3.63, 3.8) is 0 Å². The smallest absolute Gasteiger partial charge is 0.310 e. The number of thioether (sulfide) groups is 1. The number of amides is 2. The van der Waals surface area contributed by atoms with Crippen molar-refractivity contribution in [2.24, 2.45) is 17.8 Å². The van der Waals surface area contributed by atoms with Crippen LogP contribution in [0.1, 0.15) is 26.7 Å². The molecule has 0 saturated carbocycles. The third-order valence-electron chi connectivity index (χ3n) is 7.44. The monoisotopic (exact) mass is 469 g/mol. The number of rotatable bonds is 9. The Bertz CT molecular complexity index is 732. The van der Waals surface area contributed by atoms with Crippen molar-refractivity contribution in [2.75, 3.05) is 59.2 Å². The Kier molecular flexibility index (Phi) is 7.33. The molecular weight excluding hydrogens is 434 g/mol. The number of likely N-dealkylation sites (tertiary alicyclic amines) is 1. The molecule has 4 rings (SSSR count). The lowest BCUT2D eigenvalue weighted by atomic mass is 9.66. The Labute approximate surface area is 193 Å². The summed E-state index contributed by atoms with van der Waals surface area (Å²) in [6.07, 6.45) is 1.20. The van der Waals surface area contributed by atoms with Gasteiger partial charge in [0.05, 0.1) is 36.4 Å². The van der Waals surface area contributed by atoms with Gasteiger partial charge in [0.1, 0.15) is 6.04 Å². The van der Waals surface area contributed by atoms with Crippen molar-refractivity contribution in [2.45, 2.75) is 42.7 Å². The minimum atomic E-state index is -0.638. The van der Waals surface area contributed by atoms with Crippen LogP contribution in [-0.4, -0.2) is 108 Å². The molecule has 2 bridgehead atoms. The van der Waals surface area contributed by atoms with Crippen LogP contribution in [0, 0.1) is 17.8 Å². The number of morpholine rings is 1. The van der Waals surface area contributed by atoms with Gasteiger partial charge in [-0.3, -0.25) is 19.3 Å². The van der Waals surface area contributed by atoms with Gasteiger partial charge in [-0.05, 0) is 25.7 Å². The highest BCUT2D eigenvalue weighted by Crippen LogP contribution is 2.68. The van der Waals surface area contributed by atoms with Crippen molar-refractivity contribution in [1.82, 2.24) is 15.1 Å². The first-order chi connectivity index (χ1) is 15.5. The van der Waals surface area contributed by atoms with E-state index in [1.807, 2.05) is 0 Å². The van der Waals surface area contributed by atoms with Gasteiger partial charge in [-0.25, -0.2) is 0 Å². The number of fused-ring (bicyclic) bond motifs is 1. The molecule has 180 valence electrons. The van der Waals surface area contributed by atoms with Gasteiger partial charge in [-0.2, -0.15) is 0 Å². The van der Waals surface area contributed by atoms with Crippen LogP contribution in [0.2, 0.25) is 0 Å². The van der Waals surface area contributed by atoms with E-state index in [1.54, 1.807) is 23.6 Å². The molecule has 10 heteroatoms. The first-order valence-corrected chi connectivity index (χ1v) is 12.7. The van der Waals surface area contributed by atoms with E-state index in [-0.39, 0.29) is 42.2 Å². The lowest BCUT2D eigenvalue weighted by Gasteiger charge is -2.38. The first-order valence-electron chi connectivity index (χ1n) is 11.8. The molecule has 4 fully saturated rings. The number of aliphatic hydroxyl groups excluding tert-OH is 1. The third-order valence-corrected chi connectivity index (χ3v) is 9.52. The average Bonchev–Trinajstić information content (AvgIpc) is 3.37. The Hall–Kier alpha value is -1.36. The van der Waals surface area contributed by atoms with E-state index in [0.29, 0.717) is 32.7 Å². The normalized spacial score (nSPS) is 36.4. The molecule has 0 aliphatic carbocycles. The van der Waals surface area contributed by atoms with E-state index < -0.39 is 22.6 Å². The molecule has 0 radical (unpaired) electrons. The minimum Gasteiger partial charge on any atom is -0.466 e. The molecule has 6 atom stereocenters. The molecule has 1 spiro atoms. The average molecular weight is 470 g/mol. The summed E-state index contributed by atoms with van der Waals surface area (Å²) in [5.74, 6) is -1.55. The number of nitrogens with zero attached hydrogens (tertiary/aromatic N) is 2. The molecule has 0 aromatic heterocycles. The number of carbonyl (C=O) groups excluding carboxylic acids is 3. The Morgan fingerprint density at radius 3 is 2.75 bits per heavy atom. The van der Waals surface area contributed by atoms with Gasteiger partial charge in [0.25, 0.3) is 0 Å². The fourth-order valence-electron chi connectivity index (χ4n) is 6.07. The van der Waals surface area contributed by atoms with E-state index in [4.69, 9.17) is 9.47 Å². The van der Waals surface area contributed by atoms with Crippen molar-refractivity contribution in [3.05, 3.63) is 0 Å². The first kappa shape index (κ1) is 23.8. The zero-order valence-corrected chi connectivity index (χ0v) is 19.8.